The first-order valence-corrected chi connectivity index (χ1v) is 8.81. The van der Waals surface area contributed by atoms with Crippen LogP contribution in [0.4, 0.5) is 5.69 Å². The van der Waals surface area contributed by atoms with E-state index in [2.05, 4.69) is 9.73 Å². The molecule has 0 aliphatic carbocycles. The van der Waals surface area contributed by atoms with Gasteiger partial charge in [-0.15, -0.1) is 0 Å². The summed E-state index contributed by atoms with van der Waals surface area (Å²) in [6.07, 6.45) is 0. The minimum Gasteiger partial charge on any atom is -0.465 e. The number of nitrogens with zero attached hydrogens (tertiary/aromatic N) is 3. The van der Waals surface area contributed by atoms with E-state index >= 15 is 0 Å². The summed E-state index contributed by atoms with van der Waals surface area (Å²) in [5, 5.41) is 11.0. The molecule has 1 amide bonds. The van der Waals surface area contributed by atoms with Crippen LogP contribution in [0.1, 0.15) is 27.6 Å². The molecule has 0 bridgehead atoms. The predicted molar refractivity (Wildman–Crippen MR) is 99.8 cm³/mol. The molecule has 2 aromatic carbocycles. The number of methoxy groups -OCH3 is 1. The number of thiazole rings is 1. The number of aromatic nitrogens is 1. The molecule has 8 nitrogen and oxygen atoms in total. The first-order valence-electron chi connectivity index (χ1n) is 7.99. The van der Waals surface area contributed by atoms with Crippen LogP contribution in [0.2, 0.25) is 0 Å². The Morgan fingerprint density at radius 1 is 1.19 bits per heavy atom. The SMILES string of the molecule is CCn1c(=NC(=O)c2ccc(C(=O)OC)cc2)sc2cc([N+](=O)[O-])ccc21. The smallest absolute Gasteiger partial charge is 0.337 e. The van der Waals surface area contributed by atoms with Gasteiger partial charge in [-0.2, -0.15) is 4.99 Å². The number of non-ortho nitro benzene ring substituents is 1. The summed E-state index contributed by atoms with van der Waals surface area (Å²) >= 11 is 1.21. The van der Waals surface area contributed by atoms with Gasteiger partial charge in [-0.3, -0.25) is 14.9 Å². The predicted octanol–water partition coefficient (Wildman–Crippen LogP) is 3.16. The molecule has 138 valence electrons. The number of esters is 1. The highest BCUT2D eigenvalue weighted by Crippen LogP contribution is 2.23. The second kappa shape index (κ2) is 7.50. The van der Waals surface area contributed by atoms with E-state index in [0.29, 0.717) is 27.2 Å². The Balaban J connectivity index is 2.02. The molecule has 0 radical (unpaired) electrons. The number of hydrogen-bond acceptors (Lipinski definition) is 6. The van der Waals surface area contributed by atoms with Gasteiger partial charge in [-0.25, -0.2) is 4.79 Å². The van der Waals surface area contributed by atoms with Gasteiger partial charge in [0.05, 0.1) is 27.8 Å². The molecule has 0 spiro atoms. The van der Waals surface area contributed by atoms with Crippen molar-refractivity contribution in [3.63, 3.8) is 0 Å². The number of carbonyl (C=O) groups is 2. The highest BCUT2D eigenvalue weighted by molar-refractivity contribution is 7.16. The lowest BCUT2D eigenvalue weighted by molar-refractivity contribution is -0.384. The van der Waals surface area contributed by atoms with Gasteiger partial charge in [0, 0.05) is 24.2 Å². The minimum atomic E-state index is -0.485. The first-order chi connectivity index (χ1) is 12.9. The number of ether oxygens (including phenoxy) is 1. The molecule has 3 aromatic rings. The number of carbonyl (C=O) groups excluding carboxylic acids is 2. The van der Waals surface area contributed by atoms with Crippen LogP contribution in [0.25, 0.3) is 10.2 Å². The highest BCUT2D eigenvalue weighted by Gasteiger charge is 2.13. The molecule has 0 unspecified atom stereocenters. The number of benzene rings is 2. The largest absolute Gasteiger partial charge is 0.465 e. The van der Waals surface area contributed by atoms with Crippen molar-refractivity contribution >= 4 is 39.1 Å². The van der Waals surface area contributed by atoms with Crippen molar-refractivity contribution in [1.29, 1.82) is 0 Å². The van der Waals surface area contributed by atoms with Gasteiger partial charge in [0.15, 0.2) is 4.80 Å². The Labute approximate surface area is 157 Å². The zero-order valence-corrected chi connectivity index (χ0v) is 15.4. The van der Waals surface area contributed by atoms with E-state index in [0.717, 1.165) is 5.52 Å². The van der Waals surface area contributed by atoms with Crippen molar-refractivity contribution in [2.75, 3.05) is 7.11 Å². The molecule has 27 heavy (non-hydrogen) atoms. The molecular weight excluding hydrogens is 370 g/mol. The number of nitro groups is 1. The van der Waals surface area contributed by atoms with Gasteiger partial charge in [0.1, 0.15) is 0 Å². The van der Waals surface area contributed by atoms with Gasteiger partial charge in [0.25, 0.3) is 11.6 Å². The van der Waals surface area contributed by atoms with Crippen LogP contribution in [-0.4, -0.2) is 28.5 Å². The lowest BCUT2D eigenvalue weighted by Gasteiger charge is -2.01. The number of rotatable bonds is 4. The van der Waals surface area contributed by atoms with Crippen molar-refractivity contribution < 1.29 is 19.2 Å². The van der Waals surface area contributed by atoms with Crippen LogP contribution in [0, 0.1) is 10.1 Å². The van der Waals surface area contributed by atoms with E-state index in [-0.39, 0.29) is 5.69 Å². The minimum absolute atomic E-state index is 0.0109. The van der Waals surface area contributed by atoms with Crippen LogP contribution >= 0.6 is 11.3 Å². The molecule has 1 heterocycles. The standard InChI is InChI=1S/C18H15N3O5S/c1-3-20-14-9-8-13(21(24)25)10-15(14)27-18(20)19-16(22)11-4-6-12(7-5-11)17(23)26-2/h4-10H,3H2,1-2H3. The zero-order valence-electron chi connectivity index (χ0n) is 14.5. The van der Waals surface area contributed by atoms with Gasteiger partial charge < -0.3 is 9.30 Å². The third kappa shape index (κ3) is 3.63. The summed E-state index contributed by atoms with van der Waals surface area (Å²) in [5.74, 6) is -0.949. The van der Waals surface area contributed by atoms with Crippen LogP contribution in [-0.2, 0) is 11.3 Å². The molecule has 0 N–H and O–H groups in total. The van der Waals surface area contributed by atoms with E-state index in [1.165, 1.54) is 54.8 Å². The fourth-order valence-electron chi connectivity index (χ4n) is 2.58. The van der Waals surface area contributed by atoms with Crippen LogP contribution in [0.5, 0.6) is 0 Å². The fraction of sp³-hybridized carbons (Fsp3) is 0.167. The number of amides is 1. The molecule has 9 heteroatoms. The normalized spacial score (nSPS) is 11.6. The van der Waals surface area contributed by atoms with Gasteiger partial charge in [-0.1, -0.05) is 11.3 Å². The maximum atomic E-state index is 12.5. The number of aryl methyl sites for hydroxylation is 1. The average molecular weight is 385 g/mol. The molecule has 0 saturated heterocycles. The fourth-order valence-corrected chi connectivity index (χ4v) is 3.71. The first kappa shape index (κ1) is 18.5. The summed E-state index contributed by atoms with van der Waals surface area (Å²) in [6.45, 7) is 2.47. The lowest BCUT2D eigenvalue weighted by atomic mass is 10.1. The monoisotopic (exact) mass is 385 g/mol. The Morgan fingerprint density at radius 3 is 2.44 bits per heavy atom. The van der Waals surface area contributed by atoms with Crippen molar-refractivity contribution in [3.05, 3.63) is 68.5 Å². The van der Waals surface area contributed by atoms with E-state index in [4.69, 9.17) is 0 Å². The average Bonchev–Trinajstić information content (AvgIpc) is 3.03. The van der Waals surface area contributed by atoms with E-state index in [1.807, 2.05) is 11.5 Å². The lowest BCUT2D eigenvalue weighted by Crippen LogP contribution is -2.16. The van der Waals surface area contributed by atoms with Crippen molar-refractivity contribution in [2.24, 2.45) is 4.99 Å². The summed E-state index contributed by atoms with van der Waals surface area (Å²) in [6, 6.07) is 10.6. The van der Waals surface area contributed by atoms with Gasteiger partial charge >= 0.3 is 5.97 Å². The maximum Gasteiger partial charge on any atom is 0.337 e. The Kier molecular flexibility index (Phi) is 5.13. The molecule has 1 aromatic heterocycles. The summed E-state index contributed by atoms with van der Waals surface area (Å²) in [5.41, 5.74) is 1.43. The Morgan fingerprint density at radius 2 is 1.85 bits per heavy atom. The molecule has 0 saturated carbocycles. The Bertz CT molecular complexity index is 1110. The molecule has 0 atom stereocenters. The van der Waals surface area contributed by atoms with Crippen LogP contribution < -0.4 is 4.80 Å². The Hall–Kier alpha value is -3.33. The molecule has 0 aliphatic heterocycles. The maximum absolute atomic E-state index is 12.5. The summed E-state index contributed by atoms with van der Waals surface area (Å²) in [7, 11) is 1.28. The molecular formula is C18H15N3O5S. The zero-order chi connectivity index (χ0) is 19.6. The van der Waals surface area contributed by atoms with Crippen LogP contribution in [0.3, 0.4) is 0 Å². The third-order valence-corrected chi connectivity index (χ3v) is 4.98. The quantitative estimate of drug-likeness (QED) is 0.390. The summed E-state index contributed by atoms with van der Waals surface area (Å²) < 4.78 is 7.13. The highest BCUT2D eigenvalue weighted by atomic mass is 32.1. The van der Waals surface area contributed by atoms with E-state index in [9.17, 15) is 19.7 Å². The number of hydrogen-bond donors (Lipinski definition) is 0. The van der Waals surface area contributed by atoms with Gasteiger partial charge in [0.2, 0.25) is 0 Å². The van der Waals surface area contributed by atoms with Crippen molar-refractivity contribution in [3.8, 4) is 0 Å². The second-order valence-electron chi connectivity index (χ2n) is 5.52. The molecule has 3 rings (SSSR count). The number of fused-ring (bicyclic) bond motifs is 1. The molecule has 0 aliphatic rings. The van der Waals surface area contributed by atoms with E-state index < -0.39 is 16.8 Å². The van der Waals surface area contributed by atoms with Crippen LogP contribution in [0.15, 0.2) is 47.5 Å². The van der Waals surface area contributed by atoms with Crippen molar-refractivity contribution in [1.82, 2.24) is 4.57 Å². The van der Waals surface area contributed by atoms with Gasteiger partial charge in [-0.05, 0) is 37.3 Å². The number of nitro benzene ring substituents is 1. The third-order valence-electron chi connectivity index (χ3n) is 3.94. The van der Waals surface area contributed by atoms with E-state index in [1.54, 1.807) is 6.07 Å². The van der Waals surface area contributed by atoms with Crippen molar-refractivity contribution in [2.45, 2.75) is 13.5 Å². The second-order valence-corrected chi connectivity index (χ2v) is 6.53. The molecule has 0 fully saturated rings. The summed E-state index contributed by atoms with van der Waals surface area (Å²) in [4.78, 5) is 39.1. The topological polar surface area (TPSA) is 104 Å².